The van der Waals surface area contributed by atoms with Gasteiger partial charge in [0.05, 0.1) is 33.6 Å². The molecule has 0 amide bonds. The van der Waals surface area contributed by atoms with E-state index in [2.05, 4.69) is 10.1 Å². The first-order valence-electron chi connectivity index (χ1n) is 13.5. The Balaban J connectivity index is 1.26. The van der Waals surface area contributed by atoms with Gasteiger partial charge in [0.1, 0.15) is 27.4 Å². The van der Waals surface area contributed by atoms with Crippen LogP contribution in [0.3, 0.4) is 0 Å². The van der Waals surface area contributed by atoms with Crippen LogP contribution in [0.2, 0.25) is 5.02 Å². The van der Waals surface area contributed by atoms with E-state index in [0.29, 0.717) is 44.6 Å². The van der Waals surface area contributed by atoms with Crippen LogP contribution in [0.4, 0.5) is 4.39 Å². The summed E-state index contributed by atoms with van der Waals surface area (Å²) in [5.74, 6) is -1.94. The number of carboxylic acids is 1. The van der Waals surface area contributed by atoms with Crippen molar-refractivity contribution in [1.29, 1.82) is 0 Å². The molecule has 8 nitrogen and oxygen atoms in total. The number of nitrogens with zero attached hydrogens (tertiary/aromatic N) is 2. The van der Waals surface area contributed by atoms with E-state index < -0.39 is 23.0 Å². The number of hydrogen-bond donors (Lipinski definition) is 3. The summed E-state index contributed by atoms with van der Waals surface area (Å²) in [6, 6.07) is 7.93. The highest BCUT2D eigenvalue weighted by molar-refractivity contribution is 7.18. The molecule has 2 bridgehead atoms. The van der Waals surface area contributed by atoms with Crippen molar-refractivity contribution in [1.82, 2.24) is 10.1 Å². The van der Waals surface area contributed by atoms with Crippen molar-refractivity contribution in [3.8, 4) is 11.3 Å². The second-order valence-corrected chi connectivity index (χ2v) is 13.1. The Morgan fingerprint density at radius 1 is 1.27 bits per heavy atom. The number of carboxylic acid groups (broad SMARTS) is 1. The minimum atomic E-state index is -1.30. The second-order valence-electron chi connectivity index (χ2n) is 11.7. The molecule has 0 unspecified atom stereocenters. The molecule has 2 aromatic heterocycles. The predicted octanol–water partition coefficient (Wildman–Crippen LogP) is 6.57. The van der Waals surface area contributed by atoms with Crippen molar-refractivity contribution in [2.24, 2.45) is 11.8 Å². The van der Waals surface area contributed by atoms with Crippen molar-refractivity contribution in [2.75, 3.05) is 0 Å². The van der Waals surface area contributed by atoms with Gasteiger partial charge in [-0.15, -0.1) is 11.3 Å². The van der Waals surface area contributed by atoms with Gasteiger partial charge in [-0.05, 0) is 82.1 Å². The Labute approximate surface area is 244 Å². The molecule has 2 aromatic carbocycles. The van der Waals surface area contributed by atoms with E-state index in [4.69, 9.17) is 20.9 Å². The fourth-order valence-corrected chi connectivity index (χ4v) is 8.10. The number of aromatic nitrogens is 2. The molecular formula is C30H30ClFN2O6S. The van der Waals surface area contributed by atoms with Gasteiger partial charge in [0.25, 0.3) is 0 Å². The van der Waals surface area contributed by atoms with E-state index in [0.717, 1.165) is 41.4 Å². The normalized spacial score (nSPS) is 24.3. The van der Waals surface area contributed by atoms with Crippen LogP contribution in [0.1, 0.15) is 71.8 Å². The molecule has 2 heterocycles. The lowest BCUT2D eigenvalue weighted by Crippen LogP contribution is -2.44. The highest BCUT2D eigenvalue weighted by Crippen LogP contribution is 2.57. The molecule has 216 valence electrons. The van der Waals surface area contributed by atoms with Crippen LogP contribution in [-0.4, -0.2) is 37.5 Å². The first-order chi connectivity index (χ1) is 19.4. The molecule has 41 heavy (non-hydrogen) atoms. The van der Waals surface area contributed by atoms with Crippen LogP contribution in [-0.2, 0) is 22.5 Å². The average Bonchev–Trinajstić information content (AvgIpc) is 3.55. The topological polar surface area (TPSA) is 126 Å². The molecular weight excluding hydrogens is 571 g/mol. The number of hydrogen-bond acceptors (Lipinski definition) is 8. The maximum atomic E-state index is 14.7. The Hall–Kier alpha value is -2.89. The zero-order chi connectivity index (χ0) is 29.3. The minimum Gasteiger partial charge on any atom is -0.478 e. The first-order valence-corrected chi connectivity index (χ1v) is 14.7. The third-order valence-corrected chi connectivity index (χ3v) is 9.96. The molecule has 6 rings (SSSR count). The number of rotatable bonds is 7. The summed E-state index contributed by atoms with van der Waals surface area (Å²) < 4.78 is 27.1. The SMILES string of the molecule is Cc1cccc(Cl)c1-c1noc(C(C)(C)O)c1CO[C@@H]1C[C@H]2CC[C@@H](C1)[C@]2(O)c1nc2c(F)cc(C(=O)O)cc2s1. The number of aliphatic hydroxyl groups is 2. The zero-order valence-electron chi connectivity index (χ0n) is 22.8. The molecule has 11 heteroatoms. The van der Waals surface area contributed by atoms with Crippen LogP contribution in [0.15, 0.2) is 34.9 Å². The summed E-state index contributed by atoms with van der Waals surface area (Å²) >= 11 is 7.69. The summed E-state index contributed by atoms with van der Waals surface area (Å²) in [7, 11) is 0. The van der Waals surface area contributed by atoms with Gasteiger partial charge in [-0.1, -0.05) is 28.9 Å². The lowest BCUT2D eigenvalue weighted by molar-refractivity contribution is -0.116. The number of benzene rings is 2. The van der Waals surface area contributed by atoms with Gasteiger partial charge in [0.15, 0.2) is 11.6 Å². The van der Waals surface area contributed by atoms with E-state index in [-0.39, 0.29) is 35.6 Å². The number of ether oxygens (including phenoxy) is 1. The number of fused-ring (bicyclic) bond motifs is 3. The number of aryl methyl sites for hydroxylation is 1. The number of aromatic carboxylic acids is 1. The van der Waals surface area contributed by atoms with Crippen molar-refractivity contribution >= 4 is 39.1 Å². The second kappa shape index (κ2) is 10.1. The molecule has 2 aliphatic rings. The fourth-order valence-electron chi connectivity index (χ4n) is 6.52. The Morgan fingerprint density at radius 2 is 1.98 bits per heavy atom. The summed E-state index contributed by atoms with van der Waals surface area (Å²) in [4.78, 5) is 15.9. The van der Waals surface area contributed by atoms with Crippen LogP contribution in [0, 0.1) is 24.6 Å². The zero-order valence-corrected chi connectivity index (χ0v) is 24.4. The summed E-state index contributed by atoms with van der Waals surface area (Å²) in [6.45, 7) is 5.32. The van der Waals surface area contributed by atoms with Crippen molar-refractivity contribution < 1.29 is 33.8 Å². The van der Waals surface area contributed by atoms with Crippen LogP contribution >= 0.6 is 22.9 Å². The van der Waals surface area contributed by atoms with E-state index in [1.807, 2.05) is 19.1 Å². The fraction of sp³-hybridized carbons (Fsp3) is 0.433. The van der Waals surface area contributed by atoms with Gasteiger partial charge in [-0.3, -0.25) is 0 Å². The smallest absolute Gasteiger partial charge is 0.335 e. The molecule has 2 fully saturated rings. The van der Waals surface area contributed by atoms with Crippen molar-refractivity contribution in [2.45, 2.75) is 70.4 Å². The average molecular weight is 601 g/mol. The maximum absolute atomic E-state index is 14.7. The molecule has 0 saturated heterocycles. The quantitative estimate of drug-likeness (QED) is 0.217. The highest BCUT2D eigenvalue weighted by atomic mass is 35.5. The monoisotopic (exact) mass is 600 g/mol. The molecule has 0 aliphatic heterocycles. The molecule has 0 radical (unpaired) electrons. The molecule has 2 saturated carbocycles. The predicted molar refractivity (Wildman–Crippen MR) is 151 cm³/mol. The van der Waals surface area contributed by atoms with Gasteiger partial charge in [-0.25, -0.2) is 14.2 Å². The third-order valence-electron chi connectivity index (χ3n) is 8.51. The molecule has 4 aromatic rings. The van der Waals surface area contributed by atoms with E-state index in [1.54, 1.807) is 19.9 Å². The standard InChI is InChI=1S/C30H30ClFN2O6S/c1-14-5-4-6-20(31)23(14)24-19(26(40-34-24)29(2,3)37)13-39-18-11-16-7-8-17(12-18)30(16,38)28-33-25-21(32)9-15(27(35)36)10-22(25)41-28/h4-6,9-10,16-18,37-38H,7-8,11-13H2,1-3H3,(H,35,36)/t16-,17+,18-,30+. The summed E-state index contributed by atoms with van der Waals surface area (Å²) in [5, 5.41) is 37.3. The highest BCUT2D eigenvalue weighted by Gasteiger charge is 2.56. The van der Waals surface area contributed by atoms with Gasteiger partial charge in [0, 0.05) is 5.56 Å². The Kier molecular flexibility index (Phi) is 6.98. The number of thiazole rings is 1. The van der Waals surface area contributed by atoms with Gasteiger partial charge >= 0.3 is 5.97 Å². The summed E-state index contributed by atoms with van der Waals surface area (Å²) in [6.07, 6.45) is 2.49. The molecule has 2 aliphatic carbocycles. The largest absolute Gasteiger partial charge is 0.478 e. The van der Waals surface area contributed by atoms with Crippen molar-refractivity contribution in [3.05, 3.63) is 68.6 Å². The molecule has 0 spiro atoms. The third kappa shape index (κ3) is 4.75. The van der Waals surface area contributed by atoms with Crippen LogP contribution < -0.4 is 0 Å². The summed E-state index contributed by atoms with van der Waals surface area (Å²) in [5.41, 5.74) is 0.174. The number of halogens is 2. The van der Waals surface area contributed by atoms with E-state index in [1.165, 1.54) is 6.07 Å². The molecule has 3 N–H and O–H groups in total. The number of carbonyl (C=O) groups is 1. The van der Waals surface area contributed by atoms with E-state index >= 15 is 0 Å². The van der Waals surface area contributed by atoms with Gasteiger partial charge in [-0.2, -0.15) is 0 Å². The van der Waals surface area contributed by atoms with Crippen molar-refractivity contribution in [3.63, 3.8) is 0 Å². The van der Waals surface area contributed by atoms with Gasteiger partial charge in [0.2, 0.25) is 0 Å². The lowest BCUT2D eigenvalue weighted by atomic mass is 9.73. The molecule has 4 atom stereocenters. The van der Waals surface area contributed by atoms with Crippen LogP contribution in [0.5, 0.6) is 0 Å². The maximum Gasteiger partial charge on any atom is 0.335 e. The van der Waals surface area contributed by atoms with E-state index in [9.17, 15) is 24.5 Å². The van der Waals surface area contributed by atoms with Crippen LogP contribution in [0.25, 0.3) is 21.5 Å². The lowest BCUT2D eigenvalue weighted by Gasteiger charge is -2.41. The van der Waals surface area contributed by atoms with Gasteiger partial charge < -0.3 is 24.6 Å². The minimum absolute atomic E-state index is 0.0789. The Bertz CT molecular complexity index is 1630. The Morgan fingerprint density at radius 3 is 2.61 bits per heavy atom. The first kappa shape index (κ1) is 28.2.